The Balaban J connectivity index is 2.12. The first kappa shape index (κ1) is 13.6. The van der Waals surface area contributed by atoms with Crippen molar-refractivity contribution in [1.29, 1.82) is 0 Å². The summed E-state index contributed by atoms with van der Waals surface area (Å²) < 4.78 is 0. The van der Waals surface area contributed by atoms with Crippen molar-refractivity contribution < 1.29 is 9.90 Å². The fraction of sp³-hybridized carbons (Fsp3) is 0.267. The van der Waals surface area contributed by atoms with Gasteiger partial charge in [0.15, 0.2) is 0 Å². The highest BCUT2D eigenvalue weighted by Gasteiger charge is 2.10. The summed E-state index contributed by atoms with van der Waals surface area (Å²) in [6.07, 6.45) is 1.04. The van der Waals surface area contributed by atoms with Crippen molar-refractivity contribution in [3.05, 3.63) is 51.2 Å². The molecule has 100 valence electrons. The predicted molar refractivity (Wildman–Crippen MR) is 79.2 cm³/mol. The molecule has 0 saturated carbocycles. The summed E-state index contributed by atoms with van der Waals surface area (Å²) >= 11 is 1.76. The van der Waals surface area contributed by atoms with E-state index < -0.39 is 5.97 Å². The maximum Gasteiger partial charge on any atom is 0.337 e. The molecule has 0 spiro atoms. The minimum Gasteiger partial charge on any atom is -0.478 e. The highest BCUT2D eigenvalue weighted by molar-refractivity contribution is 7.12. The second-order valence-electron chi connectivity index (χ2n) is 4.43. The zero-order chi connectivity index (χ0) is 13.8. The van der Waals surface area contributed by atoms with Gasteiger partial charge in [0.05, 0.1) is 5.56 Å². The molecule has 0 atom stereocenters. The van der Waals surface area contributed by atoms with Gasteiger partial charge in [-0.05, 0) is 37.6 Å². The van der Waals surface area contributed by atoms with E-state index in [9.17, 15) is 9.90 Å². The molecule has 0 aliphatic rings. The van der Waals surface area contributed by atoms with Gasteiger partial charge in [0.2, 0.25) is 0 Å². The Hall–Kier alpha value is -1.81. The maximum absolute atomic E-state index is 11.2. The number of nitrogens with one attached hydrogen (secondary N) is 1. The summed E-state index contributed by atoms with van der Waals surface area (Å²) in [7, 11) is 0. The molecule has 2 rings (SSSR count). The second-order valence-corrected chi connectivity index (χ2v) is 5.68. The first-order valence-corrected chi connectivity index (χ1v) is 7.07. The Bertz CT molecular complexity index is 590. The van der Waals surface area contributed by atoms with Crippen LogP contribution in [-0.2, 0) is 13.0 Å². The van der Waals surface area contributed by atoms with Crippen LogP contribution >= 0.6 is 11.3 Å². The SMILES string of the molecule is CCc1ccc(CNc2ccc(C)cc2C(=O)O)s1. The van der Waals surface area contributed by atoms with Gasteiger partial charge in [-0.25, -0.2) is 4.79 Å². The molecule has 3 nitrogen and oxygen atoms in total. The van der Waals surface area contributed by atoms with E-state index in [1.807, 2.05) is 19.1 Å². The number of anilines is 1. The van der Waals surface area contributed by atoms with Gasteiger partial charge in [0, 0.05) is 22.0 Å². The lowest BCUT2D eigenvalue weighted by Crippen LogP contribution is -2.06. The normalized spacial score (nSPS) is 10.4. The highest BCUT2D eigenvalue weighted by Crippen LogP contribution is 2.21. The van der Waals surface area contributed by atoms with Crippen molar-refractivity contribution >= 4 is 23.0 Å². The van der Waals surface area contributed by atoms with Crippen molar-refractivity contribution in [2.45, 2.75) is 26.8 Å². The summed E-state index contributed by atoms with van der Waals surface area (Å²) in [5.41, 5.74) is 1.95. The van der Waals surface area contributed by atoms with E-state index in [4.69, 9.17) is 0 Å². The van der Waals surface area contributed by atoms with Crippen LogP contribution in [0.25, 0.3) is 0 Å². The van der Waals surface area contributed by atoms with Crippen LogP contribution in [-0.4, -0.2) is 11.1 Å². The third kappa shape index (κ3) is 3.35. The number of aryl methyl sites for hydroxylation is 2. The summed E-state index contributed by atoms with van der Waals surface area (Å²) in [6.45, 7) is 4.68. The smallest absolute Gasteiger partial charge is 0.337 e. The molecule has 0 unspecified atom stereocenters. The van der Waals surface area contributed by atoms with Crippen LogP contribution in [0.15, 0.2) is 30.3 Å². The average Bonchev–Trinajstić information content (AvgIpc) is 2.85. The standard InChI is InChI=1S/C15H17NO2S/c1-3-11-5-6-12(19-11)9-16-14-7-4-10(2)8-13(14)15(17)18/h4-8,16H,3,9H2,1-2H3,(H,17,18). The van der Waals surface area contributed by atoms with E-state index in [0.29, 0.717) is 17.8 Å². The Labute approximate surface area is 116 Å². The van der Waals surface area contributed by atoms with Gasteiger partial charge in [-0.2, -0.15) is 0 Å². The molecule has 0 amide bonds. The molecule has 4 heteroatoms. The van der Waals surface area contributed by atoms with E-state index in [1.54, 1.807) is 17.4 Å². The Morgan fingerprint density at radius 3 is 2.63 bits per heavy atom. The number of hydrogen-bond acceptors (Lipinski definition) is 3. The van der Waals surface area contributed by atoms with Crippen molar-refractivity contribution in [2.75, 3.05) is 5.32 Å². The van der Waals surface area contributed by atoms with Gasteiger partial charge in [0.25, 0.3) is 0 Å². The number of benzene rings is 1. The molecule has 2 N–H and O–H groups in total. The molecule has 0 aliphatic carbocycles. The number of aromatic carboxylic acids is 1. The van der Waals surface area contributed by atoms with Crippen LogP contribution in [0.4, 0.5) is 5.69 Å². The first-order chi connectivity index (χ1) is 9.10. The number of carboxylic acid groups (broad SMARTS) is 1. The molecular formula is C15H17NO2S. The van der Waals surface area contributed by atoms with E-state index in [1.165, 1.54) is 9.75 Å². The number of carboxylic acids is 1. The minimum atomic E-state index is -0.897. The van der Waals surface area contributed by atoms with Crippen LogP contribution in [0.5, 0.6) is 0 Å². The fourth-order valence-corrected chi connectivity index (χ4v) is 2.78. The minimum absolute atomic E-state index is 0.326. The summed E-state index contributed by atoms with van der Waals surface area (Å²) in [4.78, 5) is 13.8. The molecule has 19 heavy (non-hydrogen) atoms. The zero-order valence-corrected chi connectivity index (χ0v) is 11.9. The Morgan fingerprint density at radius 1 is 1.26 bits per heavy atom. The van der Waals surface area contributed by atoms with Gasteiger partial charge in [-0.15, -0.1) is 11.3 Å². The van der Waals surface area contributed by atoms with E-state index in [2.05, 4.69) is 24.4 Å². The van der Waals surface area contributed by atoms with Crippen LogP contribution in [0.1, 0.15) is 32.6 Å². The van der Waals surface area contributed by atoms with E-state index in [0.717, 1.165) is 12.0 Å². The largest absolute Gasteiger partial charge is 0.478 e. The Morgan fingerprint density at radius 2 is 2.00 bits per heavy atom. The molecule has 0 bridgehead atoms. The third-order valence-corrected chi connectivity index (χ3v) is 4.15. The van der Waals surface area contributed by atoms with E-state index in [-0.39, 0.29) is 0 Å². The molecule has 2 aromatic rings. The van der Waals surface area contributed by atoms with E-state index >= 15 is 0 Å². The lowest BCUT2D eigenvalue weighted by molar-refractivity contribution is 0.0698. The summed E-state index contributed by atoms with van der Waals surface area (Å²) in [5.74, 6) is -0.897. The molecule has 1 aromatic carbocycles. The van der Waals surface area contributed by atoms with Gasteiger partial charge in [-0.1, -0.05) is 18.6 Å². The molecule has 1 aromatic heterocycles. The number of hydrogen-bond donors (Lipinski definition) is 2. The molecule has 0 radical (unpaired) electrons. The summed E-state index contributed by atoms with van der Waals surface area (Å²) in [5, 5.41) is 12.4. The van der Waals surface area contributed by atoms with Crippen molar-refractivity contribution in [3.8, 4) is 0 Å². The second kappa shape index (κ2) is 5.89. The summed E-state index contributed by atoms with van der Waals surface area (Å²) in [6, 6.07) is 9.64. The van der Waals surface area contributed by atoms with Crippen molar-refractivity contribution in [1.82, 2.24) is 0 Å². The lowest BCUT2D eigenvalue weighted by Gasteiger charge is -2.09. The van der Waals surface area contributed by atoms with Gasteiger partial charge in [-0.3, -0.25) is 0 Å². The van der Waals surface area contributed by atoms with Crippen molar-refractivity contribution in [3.63, 3.8) is 0 Å². The third-order valence-electron chi connectivity index (χ3n) is 2.92. The fourth-order valence-electron chi connectivity index (χ4n) is 1.88. The van der Waals surface area contributed by atoms with Crippen molar-refractivity contribution in [2.24, 2.45) is 0 Å². The molecule has 0 aliphatic heterocycles. The monoisotopic (exact) mass is 275 g/mol. The van der Waals surface area contributed by atoms with Gasteiger partial charge >= 0.3 is 5.97 Å². The maximum atomic E-state index is 11.2. The number of rotatable bonds is 5. The van der Waals surface area contributed by atoms with Crippen LogP contribution < -0.4 is 5.32 Å². The quantitative estimate of drug-likeness (QED) is 0.869. The number of thiophene rings is 1. The molecular weight excluding hydrogens is 258 g/mol. The number of carbonyl (C=O) groups is 1. The predicted octanol–water partition coefficient (Wildman–Crippen LogP) is 3.93. The lowest BCUT2D eigenvalue weighted by atomic mass is 10.1. The molecule has 1 heterocycles. The zero-order valence-electron chi connectivity index (χ0n) is 11.1. The highest BCUT2D eigenvalue weighted by atomic mass is 32.1. The first-order valence-electron chi connectivity index (χ1n) is 6.25. The Kier molecular flexibility index (Phi) is 4.22. The van der Waals surface area contributed by atoms with Crippen LogP contribution in [0, 0.1) is 6.92 Å². The van der Waals surface area contributed by atoms with Crippen LogP contribution in [0.3, 0.4) is 0 Å². The van der Waals surface area contributed by atoms with Crippen LogP contribution in [0.2, 0.25) is 0 Å². The molecule has 0 fully saturated rings. The molecule has 0 saturated heterocycles. The van der Waals surface area contributed by atoms with Gasteiger partial charge in [0.1, 0.15) is 0 Å². The van der Waals surface area contributed by atoms with Gasteiger partial charge < -0.3 is 10.4 Å². The topological polar surface area (TPSA) is 49.3 Å². The average molecular weight is 275 g/mol.